The molecule has 3 rings (SSSR count). The van der Waals surface area contributed by atoms with Crippen molar-refractivity contribution in [2.75, 3.05) is 0 Å². The third kappa shape index (κ3) is 1.08. The minimum absolute atomic E-state index is 1.23. The zero-order valence-electron chi connectivity index (χ0n) is 8.86. The molecule has 0 N–H and O–H groups in total. The second-order valence-corrected chi connectivity index (χ2v) is 3.97. The van der Waals surface area contributed by atoms with Crippen LogP contribution in [-0.2, 0) is 7.05 Å². The summed E-state index contributed by atoms with van der Waals surface area (Å²) in [6.45, 7) is 2.12. The van der Waals surface area contributed by atoms with Gasteiger partial charge in [-0.1, -0.05) is 11.6 Å². The standard InChI is InChI=1S/C13H12N2/c1-9-3-4-12-10(7-9)11-8-14-6-5-13(11)15(12)2/h3-8H,1-2H3. The van der Waals surface area contributed by atoms with Gasteiger partial charge in [0.1, 0.15) is 0 Å². The molecular formula is C13H12N2. The van der Waals surface area contributed by atoms with E-state index in [0.717, 1.165) is 0 Å². The average Bonchev–Trinajstić information content (AvgIpc) is 2.54. The summed E-state index contributed by atoms with van der Waals surface area (Å²) in [5.41, 5.74) is 3.80. The van der Waals surface area contributed by atoms with Gasteiger partial charge >= 0.3 is 0 Å². The van der Waals surface area contributed by atoms with Crippen molar-refractivity contribution in [3.8, 4) is 0 Å². The first-order chi connectivity index (χ1) is 7.27. The summed E-state index contributed by atoms with van der Waals surface area (Å²) in [6, 6.07) is 8.60. The van der Waals surface area contributed by atoms with E-state index in [9.17, 15) is 0 Å². The van der Waals surface area contributed by atoms with Gasteiger partial charge in [0.25, 0.3) is 0 Å². The number of nitrogens with zero attached hydrogens (tertiary/aromatic N) is 2. The van der Waals surface area contributed by atoms with E-state index < -0.39 is 0 Å². The molecule has 0 radical (unpaired) electrons. The fourth-order valence-corrected chi connectivity index (χ4v) is 2.17. The van der Waals surface area contributed by atoms with Crippen LogP contribution < -0.4 is 0 Å². The molecule has 2 heteroatoms. The summed E-state index contributed by atoms with van der Waals surface area (Å²) in [5, 5.41) is 2.53. The van der Waals surface area contributed by atoms with E-state index in [2.05, 4.69) is 47.8 Å². The van der Waals surface area contributed by atoms with Crippen LogP contribution in [0.4, 0.5) is 0 Å². The van der Waals surface area contributed by atoms with Crippen LogP contribution in [0, 0.1) is 6.92 Å². The molecule has 0 aliphatic carbocycles. The number of aromatic nitrogens is 2. The van der Waals surface area contributed by atoms with Gasteiger partial charge in [0.2, 0.25) is 0 Å². The lowest BCUT2D eigenvalue weighted by atomic mass is 10.1. The summed E-state index contributed by atoms with van der Waals surface area (Å²) in [6.07, 6.45) is 3.78. The third-order valence-corrected chi connectivity index (χ3v) is 2.96. The summed E-state index contributed by atoms with van der Waals surface area (Å²) in [4.78, 5) is 4.19. The average molecular weight is 196 g/mol. The van der Waals surface area contributed by atoms with Crippen molar-refractivity contribution in [1.82, 2.24) is 9.55 Å². The van der Waals surface area contributed by atoms with Gasteiger partial charge in [-0.05, 0) is 25.1 Å². The maximum absolute atomic E-state index is 4.19. The van der Waals surface area contributed by atoms with Crippen molar-refractivity contribution < 1.29 is 0 Å². The van der Waals surface area contributed by atoms with Crippen LogP contribution in [0.15, 0.2) is 36.7 Å². The molecule has 2 aromatic heterocycles. The Morgan fingerprint density at radius 1 is 1.07 bits per heavy atom. The quantitative estimate of drug-likeness (QED) is 0.540. The summed E-state index contributed by atoms with van der Waals surface area (Å²) < 4.78 is 2.21. The Balaban J connectivity index is 2.64. The number of aryl methyl sites for hydroxylation is 2. The molecule has 0 amide bonds. The van der Waals surface area contributed by atoms with Crippen molar-refractivity contribution in [3.63, 3.8) is 0 Å². The van der Waals surface area contributed by atoms with Crippen LogP contribution in [0.2, 0.25) is 0 Å². The van der Waals surface area contributed by atoms with E-state index >= 15 is 0 Å². The topological polar surface area (TPSA) is 17.8 Å². The lowest BCUT2D eigenvalue weighted by Gasteiger charge is -1.97. The third-order valence-electron chi connectivity index (χ3n) is 2.96. The normalized spacial score (nSPS) is 11.3. The minimum atomic E-state index is 1.23. The Hall–Kier alpha value is -1.83. The molecule has 1 aromatic carbocycles. The highest BCUT2D eigenvalue weighted by Gasteiger charge is 2.06. The van der Waals surface area contributed by atoms with E-state index in [-0.39, 0.29) is 0 Å². The smallest absolute Gasteiger partial charge is 0.0519 e. The van der Waals surface area contributed by atoms with Crippen LogP contribution in [0.1, 0.15) is 5.56 Å². The predicted molar refractivity (Wildman–Crippen MR) is 63.0 cm³/mol. The van der Waals surface area contributed by atoms with Crippen LogP contribution in [0.25, 0.3) is 21.8 Å². The lowest BCUT2D eigenvalue weighted by molar-refractivity contribution is 1.01. The van der Waals surface area contributed by atoms with Crippen LogP contribution >= 0.6 is 0 Å². The maximum atomic E-state index is 4.19. The van der Waals surface area contributed by atoms with Crippen molar-refractivity contribution in [1.29, 1.82) is 0 Å². The molecule has 0 fully saturated rings. The van der Waals surface area contributed by atoms with Gasteiger partial charge < -0.3 is 4.57 Å². The molecular weight excluding hydrogens is 184 g/mol. The zero-order chi connectivity index (χ0) is 10.4. The predicted octanol–water partition coefficient (Wildman–Crippen LogP) is 3.03. The largest absolute Gasteiger partial charge is 0.344 e. The lowest BCUT2D eigenvalue weighted by Crippen LogP contribution is -1.85. The van der Waals surface area contributed by atoms with Crippen LogP contribution in [0.5, 0.6) is 0 Å². The molecule has 0 bridgehead atoms. The van der Waals surface area contributed by atoms with E-state index in [1.807, 2.05) is 12.4 Å². The van der Waals surface area contributed by atoms with Crippen molar-refractivity contribution in [2.45, 2.75) is 6.92 Å². The molecule has 0 aliphatic heterocycles. The van der Waals surface area contributed by atoms with Crippen molar-refractivity contribution >= 4 is 21.8 Å². The van der Waals surface area contributed by atoms with Gasteiger partial charge in [0.15, 0.2) is 0 Å². The summed E-state index contributed by atoms with van der Waals surface area (Å²) in [7, 11) is 2.10. The van der Waals surface area contributed by atoms with Gasteiger partial charge in [0, 0.05) is 35.7 Å². The molecule has 3 aromatic rings. The Morgan fingerprint density at radius 2 is 1.87 bits per heavy atom. The number of fused-ring (bicyclic) bond motifs is 3. The molecule has 0 saturated carbocycles. The number of hydrogen-bond acceptors (Lipinski definition) is 1. The van der Waals surface area contributed by atoms with Crippen LogP contribution in [-0.4, -0.2) is 9.55 Å². The highest BCUT2D eigenvalue weighted by atomic mass is 14.9. The van der Waals surface area contributed by atoms with Crippen LogP contribution in [0.3, 0.4) is 0 Å². The number of pyridine rings is 1. The molecule has 0 spiro atoms. The van der Waals surface area contributed by atoms with Gasteiger partial charge in [-0.3, -0.25) is 4.98 Å². The van der Waals surface area contributed by atoms with Gasteiger partial charge in [-0.25, -0.2) is 0 Å². The second kappa shape index (κ2) is 2.83. The Morgan fingerprint density at radius 3 is 2.73 bits per heavy atom. The molecule has 74 valence electrons. The van der Waals surface area contributed by atoms with E-state index in [1.165, 1.54) is 27.4 Å². The van der Waals surface area contributed by atoms with E-state index in [1.54, 1.807) is 0 Å². The molecule has 0 saturated heterocycles. The Kier molecular flexibility index (Phi) is 1.60. The first-order valence-corrected chi connectivity index (χ1v) is 5.06. The van der Waals surface area contributed by atoms with E-state index in [0.29, 0.717) is 0 Å². The van der Waals surface area contributed by atoms with E-state index in [4.69, 9.17) is 0 Å². The summed E-state index contributed by atoms with van der Waals surface area (Å²) >= 11 is 0. The number of benzene rings is 1. The molecule has 2 nitrogen and oxygen atoms in total. The fourth-order valence-electron chi connectivity index (χ4n) is 2.17. The Labute approximate surface area is 88.2 Å². The number of hydrogen-bond donors (Lipinski definition) is 0. The fraction of sp³-hybridized carbons (Fsp3) is 0.154. The van der Waals surface area contributed by atoms with Crippen molar-refractivity contribution in [2.24, 2.45) is 7.05 Å². The molecule has 0 aliphatic rings. The molecule has 15 heavy (non-hydrogen) atoms. The maximum Gasteiger partial charge on any atom is 0.0519 e. The van der Waals surface area contributed by atoms with Gasteiger partial charge in [-0.15, -0.1) is 0 Å². The zero-order valence-corrected chi connectivity index (χ0v) is 8.86. The molecule has 0 unspecified atom stereocenters. The molecule has 2 heterocycles. The van der Waals surface area contributed by atoms with Gasteiger partial charge in [-0.2, -0.15) is 0 Å². The van der Waals surface area contributed by atoms with Crippen molar-refractivity contribution in [3.05, 3.63) is 42.2 Å². The highest BCUT2D eigenvalue weighted by molar-refractivity contribution is 6.07. The first kappa shape index (κ1) is 8.48. The van der Waals surface area contributed by atoms with Gasteiger partial charge in [0.05, 0.1) is 5.52 Å². The summed E-state index contributed by atoms with van der Waals surface area (Å²) in [5.74, 6) is 0. The minimum Gasteiger partial charge on any atom is -0.344 e. The highest BCUT2D eigenvalue weighted by Crippen LogP contribution is 2.27. The molecule has 0 atom stereocenters. The Bertz CT molecular complexity index is 650. The monoisotopic (exact) mass is 196 g/mol. The first-order valence-electron chi connectivity index (χ1n) is 5.06. The second-order valence-electron chi connectivity index (χ2n) is 3.97. The number of rotatable bonds is 0. The SMILES string of the molecule is Cc1ccc2c(c1)c1cnccc1n2C.